The number of hydrogen-bond acceptors (Lipinski definition) is 5. The Bertz CT molecular complexity index is 1030. The van der Waals surface area contributed by atoms with E-state index in [1.165, 1.54) is 25.1 Å². The maximum atomic E-state index is 12.9. The molecule has 0 unspecified atom stereocenters. The molecule has 2 amide bonds. The SMILES string of the molecule is CCN(CC)Cc1ccccc1CNC(=O)c1cc(NC(C)=O)ccc1NS(C)(=O)=O. The third kappa shape index (κ3) is 7.69. The van der Waals surface area contributed by atoms with Crippen LogP contribution in [0.3, 0.4) is 0 Å². The highest BCUT2D eigenvalue weighted by Crippen LogP contribution is 2.22. The van der Waals surface area contributed by atoms with E-state index in [-0.39, 0.29) is 17.2 Å². The van der Waals surface area contributed by atoms with Crippen LogP contribution in [0.25, 0.3) is 0 Å². The summed E-state index contributed by atoms with van der Waals surface area (Å²) in [7, 11) is -3.59. The van der Waals surface area contributed by atoms with E-state index in [4.69, 9.17) is 0 Å². The Labute approximate surface area is 184 Å². The number of amides is 2. The van der Waals surface area contributed by atoms with Gasteiger partial charge in [0.2, 0.25) is 15.9 Å². The normalized spacial score (nSPS) is 11.3. The van der Waals surface area contributed by atoms with Crippen molar-refractivity contribution in [3.63, 3.8) is 0 Å². The summed E-state index contributed by atoms with van der Waals surface area (Å²) >= 11 is 0. The number of anilines is 2. The van der Waals surface area contributed by atoms with Crippen molar-refractivity contribution in [3.05, 3.63) is 59.2 Å². The molecule has 0 heterocycles. The second kappa shape index (κ2) is 10.9. The van der Waals surface area contributed by atoms with Crippen molar-refractivity contribution in [2.45, 2.75) is 33.9 Å². The maximum absolute atomic E-state index is 12.9. The summed E-state index contributed by atoms with van der Waals surface area (Å²) in [5.74, 6) is -0.739. The molecule has 0 atom stereocenters. The molecule has 0 bridgehead atoms. The van der Waals surface area contributed by atoms with Crippen LogP contribution in [0.4, 0.5) is 11.4 Å². The van der Waals surface area contributed by atoms with Gasteiger partial charge in [-0.3, -0.25) is 19.2 Å². The maximum Gasteiger partial charge on any atom is 0.253 e. The molecule has 2 rings (SSSR count). The van der Waals surface area contributed by atoms with Crippen LogP contribution in [0, 0.1) is 0 Å². The topological polar surface area (TPSA) is 108 Å². The summed E-state index contributed by atoms with van der Waals surface area (Å²) in [4.78, 5) is 26.6. The molecule has 2 aromatic rings. The van der Waals surface area contributed by atoms with Gasteiger partial charge >= 0.3 is 0 Å². The van der Waals surface area contributed by atoms with Crippen molar-refractivity contribution >= 4 is 33.2 Å². The van der Waals surface area contributed by atoms with Gasteiger partial charge in [0.25, 0.3) is 5.91 Å². The standard InChI is InChI=1S/C22H30N4O4S/c1-5-26(6-2)15-18-10-8-7-9-17(18)14-23-22(28)20-13-19(24-16(3)27)11-12-21(20)25-31(4,29)30/h7-13,25H,5-6,14-15H2,1-4H3,(H,23,28)(H,24,27). The van der Waals surface area contributed by atoms with Crippen LogP contribution in [0.2, 0.25) is 0 Å². The lowest BCUT2D eigenvalue weighted by Gasteiger charge is -2.20. The fourth-order valence-corrected chi connectivity index (χ4v) is 3.72. The van der Waals surface area contributed by atoms with Gasteiger partial charge in [-0.2, -0.15) is 0 Å². The summed E-state index contributed by atoms with van der Waals surface area (Å²) in [5.41, 5.74) is 2.77. The van der Waals surface area contributed by atoms with Gasteiger partial charge in [-0.25, -0.2) is 8.42 Å². The smallest absolute Gasteiger partial charge is 0.253 e. The molecule has 9 heteroatoms. The molecule has 31 heavy (non-hydrogen) atoms. The first-order valence-corrected chi connectivity index (χ1v) is 12.0. The van der Waals surface area contributed by atoms with Gasteiger partial charge in [0.05, 0.1) is 17.5 Å². The van der Waals surface area contributed by atoms with Gasteiger partial charge in [0, 0.05) is 25.7 Å². The van der Waals surface area contributed by atoms with Crippen molar-refractivity contribution in [1.82, 2.24) is 10.2 Å². The molecular weight excluding hydrogens is 416 g/mol. The van der Waals surface area contributed by atoms with Crippen molar-refractivity contribution in [2.24, 2.45) is 0 Å². The van der Waals surface area contributed by atoms with E-state index >= 15 is 0 Å². The predicted molar refractivity (Wildman–Crippen MR) is 123 cm³/mol. The molecule has 3 N–H and O–H groups in total. The summed E-state index contributed by atoms with van der Waals surface area (Å²) in [6, 6.07) is 12.3. The highest BCUT2D eigenvalue weighted by molar-refractivity contribution is 7.92. The summed E-state index contributed by atoms with van der Waals surface area (Å²) in [6.45, 7) is 8.48. The van der Waals surface area contributed by atoms with E-state index in [0.29, 0.717) is 12.2 Å². The Morgan fingerprint density at radius 3 is 2.23 bits per heavy atom. The Morgan fingerprint density at radius 1 is 1.00 bits per heavy atom. The highest BCUT2D eigenvalue weighted by atomic mass is 32.2. The Morgan fingerprint density at radius 2 is 1.65 bits per heavy atom. The lowest BCUT2D eigenvalue weighted by atomic mass is 10.1. The molecule has 0 aliphatic rings. The largest absolute Gasteiger partial charge is 0.348 e. The third-order valence-corrected chi connectivity index (χ3v) is 5.32. The first-order valence-electron chi connectivity index (χ1n) is 10.1. The quantitative estimate of drug-likeness (QED) is 0.520. The van der Waals surface area contributed by atoms with Gasteiger partial charge in [0.15, 0.2) is 0 Å². The zero-order chi connectivity index (χ0) is 23.0. The molecule has 0 saturated carbocycles. The second-order valence-electron chi connectivity index (χ2n) is 7.23. The number of nitrogens with one attached hydrogen (secondary N) is 3. The van der Waals surface area contributed by atoms with E-state index in [1.54, 1.807) is 0 Å². The zero-order valence-electron chi connectivity index (χ0n) is 18.4. The van der Waals surface area contributed by atoms with E-state index < -0.39 is 15.9 Å². The molecular formula is C22H30N4O4S. The summed E-state index contributed by atoms with van der Waals surface area (Å²) in [6.07, 6.45) is 1.01. The molecule has 0 fully saturated rings. The van der Waals surface area contributed by atoms with Crippen molar-refractivity contribution in [3.8, 4) is 0 Å². The second-order valence-corrected chi connectivity index (χ2v) is 8.98. The number of hydrogen-bond donors (Lipinski definition) is 3. The number of nitrogens with zero attached hydrogens (tertiary/aromatic N) is 1. The lowest BCUT2D eigenvalue weighted by molar-refractivity contribution is -0.114. The Kier molecular flexibility index (Phi) is 8.58. The van der Waals surface area contributed by atoms with Gasteiger partial charge in [-0.1, -0.05) is 38.1 Å². The first kappa shape index (κ1) is 24.4. The van der Waals surface area contributed by atoms with Crippen molar-refractivity contribution in [2.75, 3.05) is 29.4 Å². The van der Waals surface area contributed by atoms with Gasteiger partial charge in [0.1, 0.15) is 0 Å². The predicted octanol–water partition coefficient (Wildman–Crippen LogP) is 2.79. The van der Waals surface area contributed by atoms with Gasteiger partial charge < -0.3 is 10.6 Å². The van der Waals surface area contributed by atoms with Crippen LogP contribution >= 0.6 is 0 Å². The number of sulfonamides is 1. The molecule has 0 spiro atoms. The molecule has 8 nitrogen and oxygen atoms in total. The molecule has 0 aliphatic carbocycles. The lowest BCUT2D eigenvalue weighted by Crippen LogP contribution is -2.27. The van der Waals surface area contributed by atoms with Crippen LogP contribution in [0.5, 0.6) is 0 Å². The minimum Gasteiger partial charge on any atom is -0.348 e. The highest BCUT2D eigenvalue weighted by Gasteiger charge is 2.16. The average Bonchev–Trinajstić information content (AvgIpc) is 2.70. The summed E-state index contributed by atoms with van der Waals surface area (Å²) in [5, 5.41) is 5.47. The van der Waals surface area contributed by atoms with Crippen molar-refractivity contribution < 1.29 is 18.0 Å². The van der Waals surface area contributed by atoms with Crippen LogP contribution in [0.1, 0.15) is 42.3 Å². The van der Waals surface area contributed by atoms with Crippen LogP contribution < -0.4 is 15.4 Å². The number of carbonyl (C=O) groups excluding carboxylic acids is 2. The Balaban J connectivity index is 2.26. The van der Waals surface area contributed by atoms with Crippen LogP contribution in [-0.2, 0) is 27.9 Å². The molecule has 0 aromatic heterocycles. The third-order valence-electron chi connectivity index (χ3n) is 4.73. The van der Waals surface area contributed by atoms with E-state index in [2.05, 4.69) is 34.1 Å². The van der Waals surface area contributed by atoms with Crippen molar-refractivity contribution in [1.29, 1.82) is 0 Å². The van der Waals surface area contributed by atoms with E-state index in [1.807, 2.05) is 24.3 Å². The van der Waals surface area contributed by atoms with E-state index in [0.717, 1.165) is 37.0 Å². The number of benzene rings is 2. The summed E-state index contributed by atoms with van der Waals surface area (Å²) < 4.78 is 25.8. The first-order chi connectivity index (χ1) is 14.6. The molecule has 2 aromatic carbocycles. The van der Waals surface area contributed by atoms with Crippen LogP contribution in [-0.4, -0.2) is 44.5 Å². The van der Waals surface area contributed by atoms with E-state index in [9.17, 15) is 18.0 Å². The number of rotatable bonds is 10. The molecule has 0 saturated heterocycles. The number of carbonyl (C=O) groups is 2. The average molecular weight is 447 g/mol. The van der Waals surface area contributed by atoms with Gasteiger partial charge in [-0.05, 0) is 42.4 Å². The molecule has 0 radical (unpaired) electrons. The zero-order valence-corrected chi connectivity index (χ0v) is 19.2. The minimum absolute atomic E-state index is 0.123. The fourth-order valence-electron chi connectivity index (χ4n) is 3.14. The Hall–Kier alpha value is -2.91. The fraction of sp³-hybridized carbons (Fsp3) is 0.364. The minimum atomic E-state index is -3.59. The molecule has 168 valence electrons. The van der Waals surface area contributed by atoms with Crippen LogP contribution in [0.15, 0.2) is 42.5 Å². The monoisotopic (exact) mass is 446 g/mol. The van der Waals surface area contributed by atoms with Gasteiger partial charge in [-0.15, -0.1) is 0 Å². The molecule has 0 aliphatic heterocycles.